The van der Waals surface area contributed by atoms with E-state index in [1.165, 1.54) is 30.3 Å². The van der Waals surface area contributed by atoms with Crippen molar-refractivity contribution in [1.29, 1.82) is 0 Å². The summed E-state index contributed by atoms with van der Waals surface area (Å²) in [7, 11) is -8.26. The Morgan fingerprint density at radius 2 is 1.48 bits per heavy atom. The molecule has 0 bridgehead atoms. The van der Waals surface area contributed by atoms with Crippen molar-refractivity contribution in [2.75, 3.05) is 0 Å². The van der Waals surface area contributed by atoms with Crippen molar-refractivity contribution >= 4 is 20.2 Å². The first-order valence-corrected chi connectivity index (χ1v) is 8.65. The second-order valence-electron chi connectivity index (χ2n) is 4.15. The summed E-state index contributed by atoms with van der Waals surface area (Å²) in [5.41, 5.74) is 0.310. The summed E-state index contributed by atoms with van der Waals surface area (Å²) in [6.07, 6.45) is 0. The third-order valence-electron chi connectivity index (χ3n) is 2.61. The van der Waals surface area contributed by atoms with E-state index in [0.29, 0.717) is 5.56 Å². The topological polar surface area (TPSA) is 97.7 Å². The summed E-state index contributed by atoms with van der Waals surface area (Å²) in [5.74, 6) is 0. The minimum atomic E-state index is -4.34. The van der Waals surface area contributed by atoms with Gasteiger partial charge >= 0.3 is 0 Å². The molecule has 0 saturated heterocycles. The molecule has 21 heavy (non-hydrogen) atoms. The van der Waals surface area contributed by atoms with Gasteiger partial charge in [-0.25, -0.2) is 0 Å². The fourth-order valence-corrected chi connectivity index (χ4v) is 3.07. The van der Waals surface area contributed by atoms with Gasteiger partial charge in [-0.2, -0.15) is 16.8 Å². The van der Waals surface area contributed by atoms with E-state index in [2.05, 4.69) is 0 Å². The normalized spacial score (nSPS) is 12.2. The molecule has 1 N–H and O–H groups in total. The Morgan fingerprint density at radius 3 is 2.10 bits per heavy atom. The van der Waals surface area contributed by atoms with Crippen molar-refractivity contribution < 1.29 is 25.6 Å². The van der Waals surface area contributed by atoms with Crippen LogP contribution in [0, 0.1) is 0 Å². The molecule has 0 radical (unpaired) electrons. The molecule has 2 rings (SSSR count). The van der Waals surface area contributed by atoms with Crippen LogP contribution in [0.3, 0.4) is 0 Å². The molecule has 0 fully saturated rings. The van der Waals surface area contributed by atoms with Crippen LogP contribution in [0.1, 0.15) is 5.56 Å². The van der Waals surface area contributed by atoms with Gasteiger partial charge in [-0.3, -0.25) is 8.74 Å². The molecule has 0 atom stereocenters. The Labute approximate surface area is 122 Å². The Bertz CT molecular complexity index is 826. The number of rotatable bonds is 5. The van der Waals surface area contributed by atoms with Crippen molar-refractivity contribution in [3.05, 3.63) is 60.2 Å². The third-order valence-corrected chi connectivity index (χ3v) is 4.74. The summed E-state index contributed by atoms with van der Waals surface area (Å²) in [6.45, 7) is -0.333. The van der Waals surface area contributed by atoms with E-state index in [4.69, 9.17) is 8.74 Å². The molecule has 0 aromatic heterocycles. The van der Waals surface area contributed by atoms with E-state index >= 15 is 0 Å². The minimum Gasteiger partial charge on any atom is -0.282 e. The lowest BCUT2D eigenvalue weighted by molar-refractivity contribution is 0.307. The van der Waals surface area contributed by atoms with Crippen LogP contribution in [-0.4, -0.2) is 21.4 Å². The van der Waals surface area contributed by atoms with Gasteiger partial charge in [0.1, 0.15) is 0 Å². The first kappa shape index (κ1) is 15.6. The van der Waals surface area contributed by atoms with E-state index < -0.39 is 20.2 Å². The fraction of sp³-hybridized carbons (Fsp3) is 0.0769. The molecular formula is C13H12O6S2. The van der Waals surface area contributed by atoms with Crippen molar-refractivity contribution in [2.24, 2.45) is 0 Å². The molecule has 112 valence electrons. The van der Waals surface area contributed by atoms with Gasteiger partial charge in [0.25, 0.3) is 20.2 Å². The average molecular weight is 328 g/mol. The van der Waals surface area contributed by atoms with Gasteiger partial charge < -0.3 is 0 Å². The van der Waals surface area contributed by atoms with Gasteiger partial charge in [-0.05, 0) is 29.8 Å². The van der Waals surface area contributed by atoms with Crippen molar-refractivity contribution in [1.82, 2.24) is 0 Å². The molecule has 0 aliphatic carbocycles. The van der Waals surface area contributed by atoms with Crippen LogP contribution < -0.4 is 0 Å². The van der Waals surface area contributed by atoms with Crippen LogP contribution in [0.4, 0.5) is 0 Å². The maximum atomic E-state index is 11.9. The summed E-state index contributed by atoms with van der Waals surface area (Å²) in [4.78, 5) is -0.309. The van der Waals surface area contributed by atoms with Crippen LogP contribution in [0.2, 0.25) is 0 Å². The summed E-state index contributed by atoms with van der Waals surface area (Å²) < 4.78 is 59.6. The molecule has 2 aromatic carbocycles. The maximum Gasteiger partial charge on any atom is 0.297 e. The second-order valence-corrected chi connectivity index (χ2v) is 7.19. The molecule has 0 unspecified atom stereocenters. The summed E-state index contributed by atoms with van der Waals surface area (Å²) in [5, 5.41) is 0. The average Bonchev–Trinajstić information content (AvgIpc) is 2.46. The highest BCUT2D eigenvalue weighted by molar-refractivity contribution is 7.86. The fourth-order valence-electron chi connectivity index (χ4n) is 1.60. The standard InChI is InChI=1S/C13H12O6S2/c14-20(15,16)13-8-4-5-11(9-13)10-19-21(17,18)12-6-2-1-3-7-12/h1-9H,10H2,(H,14,15,16). The summed E-state index contributed by atoms with van der Waals surface area (Å²) in [6, 6.07) is 12.8. The van der Waals surface area contributed by atoms with E-state index in [-0.39, 0.29) is 16.4 Å². The lowest BCUT2D eigenvalue weighted by Crippen LogP contribution is -2.07. The van der Waals surface area contributed by atoms with Gasteiger partial charge in [0.05, 0.1) is 16.4 Å². The molecule has 0 aliphatic rings. The molecule has 0 saturated carbocycles. The molecule has 0 aliphatic heterocycles. The molecule has 0 amide bonds. The zero-order valence-electron chi connectivity index (χ0n) is 10.7. The van der Waals surface area contributed by atoms with E-state index in [0.717, 1.165) is 6.07 Å². The zero-order valence-corrected chi connectivity index (χ0v) is 12.3. The van der Waals surface area contributed by atoms with Crippen LogP contribution >= 0.6 is 0 Å². The highest BCUT2D eigenvalue weighted by Crippen LogP contribution is 2.16. The van der Waals surface area contributed by atoms with Crippen LogP contribution in [-0.2, 0) is 31.0 Å². The monoisotopic (exact) mass is 328 g/mol. The quantitative estimate of drug-likeness (QED) is 0.664. The van der Waals surface area contributed by atoms with E-state index in [1.807, 2.05) is 0 Å². The maximum absolute atomic E-state index is 11.9. The van der Waals surface area contributed by atoms with Gasteiger partial charge in [0, 0.05) is 0 Å². The highest BCUT2D eigenvalue weighted by atomic mass is 32.2. The molecule has 6 nitrogen and oxygen atoms in total. The van der Waals surface area contributed by atoms with E-state index in [1.54, 1.807) is 18.2 Å². The minimum absolute atomic E-state index is 0.0101. The first-order chi connectivity index (χ1) is 9.79. The van der Waals surface area contributed by atoms with Crippen molar-refractivity contribution in [2.45, 2.75) is 16.4 Å². The lowest BCUT2D eigenvalue weighted by Gasteiger charge is -2.06. The molecule has 0 heterocycles. The van der Waals surface area contributed by atoms with Gasteiger partial charge in [0.2, 0.25) is 0 Å². The van der Waals surface area contributed by atoms with Gasteiger partial charge in [-0.15, -0.1) is 0 Å². The van der Waals surface area contributed by atoms with Crippen molar-refractivity contribution in [3.63, 3.8) is 0 Å². The predicted molar refractivity (Wildman–Crippen MR) is 74.7 cm³/mol. The Hall–Kier alpha value is -1.74. The molecule has 2 aromatic rings. The van der Waals surface area contributed by atoms with Crippen molar-refractivity contribution in [3.8, 4) is 0 Å². The number of hydrogen-bond donors (Lipinski definition) is 1. The molecule has 0 spiro atoms. The third kappa shape index (κ3) is 4.11. The second kappa shape index (κ2) is 5.94. The van der Waals surface area contributed by atoms with Gasteiger partial charge in [0.15, 0.2) is 0 Å². The molecular weight excluding hydrogens is 316 g/mol. The SMILES string of the molecule is O=S(=O)(O)c1cccc(COS(=O)(=O)c2ccccc2)c1. The predicted octanol–water partition coefficient (Wildman–Crippen LogP) is 1.84. The number of hydrogen-bond acceptors (Lipinski definition) is 5. The first-order valence-electron chi connectivity index (χ1n) is 5.80. The highest BCUT2D eigenvalue weighted by Gasteiger charge is 2.15. The smallest absolute Gasteiger partial charge is 0.282 e. The van der Waals surface area contributed by atoms with Gasteiger partial charge in [-0.1, -0.05) is 30.3 Å². The number of benzene rings is 2. The Balaban J connectivity index is 2.17. The lowest BCUT2D eigenvalue weighted by atomic mass is 10.2. The van der Waals surface area contributed by atoms with Crippen LogP contribution in [0.5, 0.6) is 0 Å². The Morgan fingerprint density at radius 1 is 0.857 bits per heavy atom. The van der Waals surface area contributed by atoms with E-state index in [9.17, 15) is 16.8 Å². The summed E-state index contributed by atoms with van der Waals surface area (Å²) >= 11 is 0. The largest absolute Gasteiger partial charge is 0.297 e. The Kier molecular flexibility index (Phi) is 4.43. The zero-order chi connectivity index (χ0) is 15.5. The molecule has 8 heteroatoms. The van der Waals surface area contributed by atoms with Crippen LogP contribution in [0.25, 0.3) is 0 Å². The van der Waals surface area contributed by atoms with Crippen LogP contribution in [0.15, 0.2) is 64.4 Å².